The molecule has 0 aromatic heterocycles. The van der Waals surface area contributed by atoms with Crippen LogP contribution in [0.15, 0.2) is 53.4 Å². The molecule has 5 rings (SSSR count). The minimum atomic E-state index is -3.94. The molecule has 0 radical (unpaired) electrons. The zero-order valence-electron chi connectivity index (χ0n) is 20.8. The largest absolute Gasteiger partial charge is 0.488 e. The summed E-state index contributed by atoms with van der Waals surface area (Å²) in [6.45, 7) is 10.2. The van der Waals surface area contributed by atoms with Gasteiger partial charge in [-0.1, -0.05) is 29.8 Å². The molecule has 0 unspecified atom stereocenters. The van der Waals surface area contributed by atoms with Crippen LogP contribution in [0, 0.1) is 20.8 Å². The smallest absolute Gasteiger partial charge is 0.339 e. The van der Waals surface area contributed by atoms with E-state index in [4.69, 9.17) is 13.7 Å². The normalized spacial score (nSPS) is 16.3. The Morgan fingerprint density at radius 2 is 1.63 bits per heavy atom. The van der Waals surface area contributed by atoms with E-state index in [0.29, 0.717) is 17.7 Å². The van der Waals surface area contributed by atoms with Crippen LogP contribution >= 0.6 is 0 Å². The van der Waals surface area contributed by atoms with E-state index in [9.17, 15) is 8.42 Å². The lowest BCUT2D eigenvalue weighted by molar-refractivity contribution is 0.0834. The first-order chi connectivity index (χ1) is 16.5. The Hall–Kier alpha value is -3.25. The maximum absolute atomic E-state index is 13.0. The number of fused-ring (bicyclic) bond motifs is 3. The number of ether oxygens (including phenoxy) is 2. The number of aryl methyl sites for hydroxylation is 3. The van der Waals surface area contributed by atoms with E-state index in [-0.39, 0.29) is 16.2 Å². The van der Waals surface area contributed by atoms with Crippen molar-refractivity contribution < 1.29 is 22.1 Å². The zero-order chi connectivity index (χ0) is 25.0. The molecule has 0 saturated heterocycles. The quantitative estimate of drug-likeness (QED) is 0.395. The summed E-state index contributed by atoms with van der Waals surface area (Å²) in [5, 5.41) is 0. The van der Waals surface area contributed by atoms with Crippen molar-refractivity contribution in [3.63, 3.8) is 0 Å². The van der Waals surface area contributed by atoms with E-state index in [1.807, 2.05) is 43.3 Å². The van der Waals surface area contributed by atoms with Crippen LogP contribution in [0.1, 0.15) is 53.6 Å². The van der Waals surface area contributed by atoms with Crippen molar-refractivity contribution in [3.05, 3.63) is 81.9 Å². The molecular weight excluding hydrogens is 460 g/mol. The van der Waals surface area contributed by atoms with Gasteiger partial charge in [-0.25, -0.2) is 0 Å². The van der Waals surface area contributed by atoms with Crippen molar-refractivity contribution >= 4 is 21.8 Å². The summed E-state index contributed by atoms with van der Waals surface area (Å²) in [5.41, 5.74) is 6.36. The molecule has 35 heavy (non-hydrogen) atoms. The third-order valence-electron chi connectivity index (χ3n) is 6.60. The summed E-state index contributed by atoms with van der Waals surface area (Å²) >= 11 is 0. The van der Waals surface area contributed by atoms with E-state index < -0.39 is 10.1 Å². The second-order valence-corrected chi connectivity index (χ2v) is 11.6. The topological polar surface area (TPSA) is 61.8 Å². The SMILES string of the molecule is Cc1cc(C)c(S(=O)(=O)Oc2ccc(C3=Cc4ccc5c(c4OC3)CCC(C)(C)O5)cc2)c(C)c1. The number of hydrogen-bond acceptors (Lipinski definition) is 5. The van der Waals surface area contributed by atoms with Crippen LogP contribution < -0.4 is 13.7 Å². The summed E-state index contributed by atoms with van der Waals surface area (Å²) in [4.78, 5) is 0.225. The Bertz CT molecular complexity index is 1420. The van der Waals surface area contributed by atoms with Gasteiger partial charge in [0.15, 0.2) is 0 Å². The standard InChI is InChI=1S/C29H30O5S/c1-18-14-19(2)28(20(3)15-18)35(30,31)34-24-9-6-21(7-10-24)23-16-22-8-11-26-25(27(22)32-17-23)12-13-29(4,5)33-26/h6-11,14-16H,12-13,17H2,1-5H3. The van der Waals surface area contributed by atoms with Gasteiger partial charge in [-0.05, 0) is 100 Å². The highest BCUT2D eigenvalue weighted by atomic mass is 32.2. The maximum atomic E-state index is 13.0. The van der Waals surface area contributed by atoms with Crippen LogP contribution in [-0.2, 0) is 16.5 Å². The van der Waals surface area contributed by atoms with Crippen molar-refractivity contribution in [1.82, 2.24) is 0 Å². The summed E-state index contributed by atoms with van der Waals surface area (Å²) in [6, 6.07) is 14.9. The summed E-state index contributed by atoms with van der Waals surface area (Å²) in [5.74, 6) is 2.08. The third-order valence-corrected chi connectivity index (χ3v) is 8.15. The Balaban J connectivity index is 1.38. The van der Waals surface area contributed by atoms with Gasteiger partial charge < -0.3 is 13.7 Å². The summed E-state index contributed by atoms with van der Waals surface area (Å²) in [7, 11) is -3.94. The third kappa shape index (κ3) is 4.55. The van der Waals surface area contributed by atoms with Crippen molar-refractivity contribution in [2.24, 2.45) is 0 Å². The molecule has 182 valence electrons. The van der Waals surface area contributed by atoms with Gasteiger partial charge in [0.25, 0.3) is 0 Å². The Labute approximate surface area is 207 Å². The van der Waals surface area contributed by atoms with Crippen LogP contribution in [0.25, 0.3) is 11.6 Å². The van der Waals surface area contributed by atoms with E-state index >= 15 is 0 Å². The highest BCUT2D eigenvalue weighted by molar-refractivity contribution is 7.87. The summed E-state index contributed by atoms with van der Waals surface area (Å²) < 4.78 is 43.7. The van der Waals surface area contributed by atoms with Crippen LogP contribution in [0.3, 0.4) is 0 Å². The van der Waals surface area contributed by atoms with Crippen molar-refractivity contribution in [1.29, 1.82) is 0 Å². The van der Waals surface area contributed by atoms with E-state index in [0.717, 1.165) is 52.2 Å². The first-order valence-electron chi connectivity index (χ1n) is 11.8. The Morgan fingerprint density at radius 1 is 0.943 bits per heavy atom. The van der Waals surface area contributed by atoms with Gasteiger partial charge in [-0.3, -0.25) is 0 Å². The molecule has 0 aliphatic carbocycles. The van der Waals surface area contributed by atoms with Crippen LogP contribution in [0.2, 0.25) is 0 Å². The van der Waals surface area contributed by atoms with E-state index in [2.05, 4.69) is 19.9 Å². The zero-order valence-corrected chi connectivity index (χ0v) is 21.6. The lowest BCUT2D eigenvalue weighted by Crippen LogP contribution is -2.33. The molecule has 3 aromatic rings. The first kappa shape index (κ1) is 23.5. The number of hydrogen-bond donors (Lipinski definition) is 0. The molecule has 5 nitrogen and oxygen atoms in total. The average molecular weight is 491 g/mol. The second kappa shape index (κ2) is 8.45. The predicted molar refractivity (Wildman–Crippen MR) is 138 cm³/mol. The molecule has 0 bridgehead atoms. The fourth-order valence-corrected chi connectivity index (χ4v) is 6.37. The van der Waals surface area contributed by atoms with Crippen molar-refractivity contribution in [3.8, 4) is 17.2 Å². The Morgan fingerprint density at radius 3 is 2.31 bits per heavy atom. The van der Waals surface area contributed by atoms with Gasteiger partial charge in [0, 0.05) is 11.1 Å². The predicted octanol–water partition coefficient (Wildman–Crippen LogP) is 6.42. The monoisotopic (exact) mass is 490 g/mol. The molecule has 0 amide bonds. The Kier molecular flexibility index (Phi) is 5.67. The molecule has 0 N–H and O–H groups in total. The lowest BCUT2D eigenvalue weighted by Gasteiger charge is -2.34. The molecular formula is C29H30O5S. The van der Waals surface area contributed by atoms with Crippen LogP contribution in [-0.4, -0.2) is 20.6 Å². The lowest BCUT2D eigenvalue weighted by atomic mass is 9.91. The molecule has 0 fully saturated rings. The molecule has 0 spiro atoms. The fourth-order valence-electron chi connectivity index (χ4n) is 5.02. The van der Waals surface area contributed by atoms with E-state index in [1.54, 1.807) is 26.0 Å². The summed E-state index contributed by atoms with van der Waals surface area (Å²) in [6.07, 6.45) is 4.00. The van der Waals surface area contributed by atoms with Gasteiger partial charge in [0.1, 0.15) is 34.4 Å². The van der Waals surface area contributed by atoms with Crippen LogP contribution in [0.5, 0.6) is 17.2 Å². The van der Waals surface area contributed by atoms with Crippen molar-refractivity contribution in [2.45, 2.75) is 58.0 Å². The number of rotatable bonds is 4. The van der Waals surface area contributed by atoms with Gasteiger partial charge in [0.2, 0.25) is 0 Å². The molecule has 2 aliphatic rings. The highest BCUT2D eigenvalue weighted by Crippen LogP contribution is 2.43. The number of benzene rings is 3. The highest BCUT2D eigenvalue weighted by Gasteiger charge is 2.30. The molecule has 2 heterocycles. The van der Waals surface area contributed by atoms with Gasteiger partial charge in [-0.2, -0.15) is 8.42 Å². The minimum Gasteiger partial charge on any atom is -0.488 e. The van der Waals surface area contributed by atoms with Crippen molar-refractivity contribution in [2.75, 3.05) is 6.61 Å². The fraction of sp³-hybridized carbons (Fsp3) is 0.310. The second-order valence-electron chi connectivity index (χ2n) is 10.1. The first-order valence-corrected chi connectivity index (χ1v) is 13.2. The van der Waals surface area contributed by atoms with Crippen LogP contribution in [0.4, 0.5) is 0 Å². The average Bonchev–Trinajstić information content (AvgIpc) is 2.77. The van der Waals surface area contributed by atoms with E-state index in [1.165, 1.54) is 0 Å². The molecule has 0 saturated carbocycles. The minimum absolute atomic E-state index is 0.162. The molecule has 2 aliphatic heterocycles. The molecule has 0 atom stereocenters. The molecule has 6 heteroatoms. The van der Waals surface area contributed by atoms with Gasteiger partial charge >= 0.3 is 10.1 Å². The van der Waals surface area contributed by atoms with Gasteiger partial charge in [-0.15, -0.1) is 0 Å². The molecule has 3 aromatic carbocycles. The van der Waals surface area contributed by atoms with Gasteiger partial charge in [0.05, 0.1) is 0 Å². The maximum Gasteiger partial charge on any atom is 0.339 e.